The zero-order valence-corrected chi connectivity index (χ0v) is 24.0. The number of aliphatic hydroxyl groups is 1. The molecular formula is C30H42N6O5. The van der Waals surface area contributed by atoms with Crippen LogP contribution in [0.4, 0.5) is 0 Å². The molecule has 6 rings (SSSR count). The number of aryl methyl sites for hydroxylation is 1. The van der Waals surface area contributed by atoms with Crippen molar-refractivity contribution in [1.82, 2.24) is 30.2 Å². The number of hydrogen-bond acceptors (Lipinski definition) is 8. The van der Waals surface area contributed by atoms with Gasteiger partial charge in [0, 0.05) is 50.4 Å². The summed E-state index contributed by atoms with van der Waals surface area (Å²) in [5, 5.41) is 21.2. The number of piperidine rings is 1. The zero-order chi connectivity index (χ0) is 28.5. The molecule has 1 aromatic carbocycles. The first-order valence-corrected chi connectivity index (χ1v) is 15.0. The molecule has 3 saturated heterocycles. The topological polar surface area (TPSA) is 121 Å². The van der Waals surface area contributed by atoms with E-state index in [1.165, 1.54) is 0 Å². The summed E-state index contributed by atoms with van der Waals surface area (Å²) < 4.78 is 14.2. The number of likely N-dealkylation sites (tertiary alicyclic amines) is 2. The Balaban J connectivity index is 1.28. The molecule has 4 bridgehead atoms. The lowest BCUT2D eigenvalue weighted by atomic mass is 9.99. The van der Waals surface area contributed by atoms with Gasteiger partial charge in [-0.05, 0) is 69.9 Å². The van der Waals surface area contributed by atoms with Crippen LogP contribution in [0.2, 0.25) is 0 Å². The number of amides is 2. The van der Waals surface area contributed by atoms with Crippen molar-refractivity contribution < 1.29 is 24.2 Å². The molecule has 3 N–H and O–H groups in total. The van der Waals surface area contributed by atoms with E-state index in [0.717, 1.165) is 37.1 Å². The third-order valence-electron chi connectivity index (χ3n) is 9.15. The number of nitrogens with zero attached hydrogens (tertiary/aromatic N) is 4. The fraction of sp³-hybridized carbons (Fsp3) is 0.633. The first kappa shape index (κ1) is 28.1. The lowest BCUT2D eigenvalue weighted by Gasteiger charge is -2.38. The van der Waals surface area contributed by atoms with Crippen LogP contribution in [-0.2, 0) is 16.6 Å². The summed E-state index contributed by atoms with van der Waals surface area (Å²) in [5.41, 5.74) is 2.33. The van der Waals surface area contributed by atoms with Crippen molar-refractivity contribution in [2.45, 2.75) is 75.0 Å². The largest absolute Gasteiger partial charge is 0.493 e. The molecule has 11 nitrogen and oxygen atoms in total. The highest BCUT2D eigenvalue weighted by Gasteiger charge is 2.42. The van der Waals surface area contributed by atoms with E-state index >= 15 is 0 Å². The van der Waals surface area contributed by atoms with E-state index in [4.69, 9.17) is 9.47 Å². The van der Waals surface area contributed by atoms with Gasteiger partial charge in [-0.15, -0.1) is 0 Å². The molecule has 11 heteroatoms. The number of fused-ring (bicyclic) bond motifs is 5. The Hall–Kier alpha value is -2.99. The standard InChI is InChI=1S/C30H42N6O5/c1-34-10-7-22(8-11-34)36-18-21-14-25(36)30(39)31-16-28-26(37)6-4-23(41-28)9-12-40-27-13-19(20-15-32-35(2)17-20)3-5-24(27)29(38)33-21/h3,5,13,15,17,21-23,25-26,28,37H,4,6-12,14,16,18H2,1-2H3,(H,31,39)(H,33,38)/t21-,23-,25-,26-,28+/m0/s1. The predicted molar refractivity (Wildman–Crippen MR) is 153 cm³/mol. The number of hydrogen-bond donors (Lipinski definition) is 3. The molecule has 222 valence electrons. The highest BCUT2D eigenvalue weighted by molar-refractivity contribution is 5.98. The van der Waals surface area contributed by atoms with Crippen molar-refractivity contribution in [2.75, 3.05) is 39.8 Å². The first-order chi connectivity index (χ1) is 19.8. The summed E-state index contributed by atoms with van der Waals surface area (Å²) in [5.74, 6) is 0.259. The predicted octanol–water partition coefficient (Wildman–Crippen LogP) is 1.16. The minimum Gasteiger partial charge on any atom is -0.493 e. The molecule has 2 amide bonds. The van der Waals surface area contributed by atoms with Gasteiger partial charge in [0.2, 0.25) is 5.91 Å². The molecule has 0 spiro atoms. The maximum absolute atomic E-state index is 13.7. The summed E-state index contributed by atoms with van der Waals surface area (Å²) >= 11 is 0. The van der Waals surface area contributed by atoms with Gasteiger partial charge in [-0.3, -0.25) is 19.2 Å². The van der Waals surface area contributed by atoms with Gasteiger partial charge < -0.3 is 30.1 Å². The molecule has 41 heavy (non-hydrogen) atoms. The number of aliphatic hydroxyl groups excluding tert-OH is 1. The number of ether oxygens (including phenoxy) is 2. The molecule has 0 aliphatic carbocycles. The van der Waals surface area contributed by atoms with Crippen molar-refractivity contribution in [1.29, 1.82) is 0 Å². The lowest BCUT2D eigenvalue weighted by Crippen LogP contribution is -2.53. The fourth-order valence-corrected chi connectivity index (χ4v) is 6.76. The Labute approximate surface area is 241 Å². The smallest absolute Gasteiger partial charge is 0.255 e. The highest BCUT2D eigenvalue weighted by Crippen LogP contribution is 2.31. The number of benzene rings is 1. The highest BCUT2D eigenvalue weighted by atomic mass is 16.5. The third-order valence-corrected chi connectivity index (χ3v) is 9.15. The molecule has 5 atom stereocenters. The van der Waals surface area contributed by atoms with E-state index in [9.17, 15) is 14.7 Å². The van der Waals surface area contributed by atoms with Crippen LogP contribution in [0.15, 0.2) is 30.6 Å². The SMILES string of the molecule is CN1CCC(N2C[C@@H]3C[C@H]2C(=O)NC[C@H]2O[C@H](CCOc4cc(-c5cnn(C)c5)ccc4C(=O)N3)CC[C@@H]2O)CC1. The fourth-order valence-electron chi connectivity index (χ4n) is 6.76. The van der Waals surface area contributed by atoms with E-state index < -0.39 is 12.2 Å². The summed E-state index contributed by atoms with van der Waals surface area (Å²) in [6.07, 6.45) is 7.00. The number of nitrogens with one attached hydrogen (secondary N) is 2. The Bertz CT molecular complexity index is 1240. The van der Waals surface area contributed by atoms with Gasteiger partial charge in [-0.1, -0.05) is 6.07 Å². The molecule has 4 aliphatic heterocycles. The van der Waals surface area contributed by atoms with Crippen LogP contribution < -0.4 is 15.4 Å². The van der Waals surface area contributed by atoms with Crippen LogP contribution in [0, 0.1) is 0 Å². The van der Waals surface area contributed by atoms with E-state index in [1.54, 1.807) is 10.9 Å². The van der Waals surface area contributed by atoms with E-state index in [-0.39, 0.29) is 42.6 Å². The van der Waals surface area contributed by atoms with Crippen LogP contribution >= 0.6 is 0 Å². The normalized spacial score (nSPS) is 30.8. The molecular weight excluding hydrogens is 524 g/mol. The summed E-state index contributed by atoms with van der Waals surface area (Å²) in [4.78, 5) is 31.8. The molecule has 0 saturated carbocycles. The molecule has 5 heterocycles. The monoisotopic (exact) mass is 566 g/mol. The van der Waals surface area contributed by atoms with Gasteiger partial charge in [0.25, 0.3) is 5.91 Å². The van der Waals surface area contributed by atoms with Gasteiger partial charge in [-0.2, -0.15) is 5.10 Å². The van der Waals surface area contributed by atoms with Crippen LogP contribution in [0.25, 0.3) is 11.1 Å². The molecule has 2 aromatic rings. The molecule has 1 aromatic heterocycles. The van der Waals surface area contributed by atoms with Crippen molar-refractivity contribution in [3.63, 3.8) is 0 Å². The average Bonchev–Trinajstić information content (AvgIpc) is 3.59. The second-order valence-electron chi connectivity index (χ2n) is 12.1. The lowest BCUT2D eigenvalue weighted by molar-refractivity contribution is -0.134. The van der Waals surface area contributed by atoms with Gasteiger partial charge in [-0.25, -0.2) is 0 Å². The van der Waals surface area contributed by atoms with Crippen LogP contribution in [0.1, 0.15) is 48.9 Å². The van der Waals surface area contributed by atoms with E-state index in [0.29, 0.717) is 50.1 Å². The number of carbonyl (C=O) groups excluding carboxylic acids is 2. The second kappa shape index (κ2) is 12.1. The maximum Gasteiger partial charge on any atom is 0.255 e. The van der Waals surface area contributed by atoms with Crippen molar-refractivity contribution in [3.05, 3.63) is 36.2 Å². The van der Waals surface area contributed by atoms with Gasteiger partial charge in [0.15, 0.2) is 0 Å². The summed E-state index contributed by atoms with van der Waals surface area (Å²) in [6, 6.07) is 5.40. The first-order valence-electron chi connectivity index (χ1n) is 15.0. The minimum absolute atomic E-state index is 0.0597. The van der Waals surface area contributed by atoms with Crippen LogP contribution in [0.5, 0.6) is 5.75 Å². The number of aromatic nitrogens is 2. The van der Waals surface area contributed by atoms with Gasteiger partial charge in [0.1, 0.15) is 11.9 Å². The molecule has 3 fully saturated rings. The molecule has 4 aliphatic rings. The third kappa shape index (κ3) is 6.28. The van der Waals surface area contributed by atoms with Gasteiger partial charge in [0.05, 0.1) is 36.6 Å². The number of rotatable bonds is 2. The summed E-state index contributed by atoms with van der Waals surface area (Å²) in [6.45, 7) is 3.22. The van der Waals surface area contributed by atoms with Crippen LogP contribution in [0.3, 0.4) is 0 Å². The maximum atomic E-state index is 13.7. The average molecular weight is 567 g/mol. The van der Waals surface area contributed by atoms with Gasteiger partial charge >= 0.3 is 0 Å². The Morgan fingerprint density at radius 1 is 1.05 bits per heavy atom. The second-order valence-corrected chi connectivity index (χ2v) is 12.1. The molecule has 0 unspecified atom stereocenters. The Morgan fingerprint density at radius 2 is 1.88 bits per heavy atom. The summed E-state index contributed by atoms with van der Waals surface area (Å²) in [7, 11) is 4.00. The Kier molecular flexibility index (Phi) is 8.30. The molecule has 0 radical (unpaired) electrons. The van der Waals surface area contributed by atoms with Crippen molar-refractivity contribution in [2.24, 2.45) is 7.05 Å². The zero-order valence-electron chi connectivity index (χ0n) is 24.0. The van der Waals surface area contributed by atoms with E-state index in [1.807, 2.05) is 31.4 Å². The minimum atomic E-state index is -0.616. The van der Waals surface area contributed by atoms with Crippen LogP contribution in [-0.4, -0.2) is 113 Å². The van der Waals surface area contributed by atoms with Crippen molar-refractivity contribution in [3.8, 4) is 16.9 Å². The van der Waals surface area contributed by atoms with Crippen molar-refractivity contribution >= 4 is 11.8 Å². The Morgan fingerprint density at radius 3 is 2.66 bits per heavy atom. The van der Waals surface area contributed by atoms with E-state index in [2.05, 4.69) is 32.6 Å². The quantitative estimate of drug-likeness (QED) is 0.496. The number of carbonyl (C=O) groups is 2.